The van der Waals surface area contributed by atoms with E-state index in [0.717, 1.165) is 55.6 Å². The summed E-state index contributed by atoms with van der Waals surface area (Å²) in [7, 11) is 1.77. The number of imidazole rings is 1. The van der Waals surface area contributed by atoms with Gasteiger partial charge in [-0.05, 0) is 19.3 Å². The molecule has 132 valence electrons. The first kappa shape index (κ1) is 17.2. The van der Waals surface area contributed by atoms with Crippen LogP contribution in [0.1, 0.15) is 25.0 Å². The van der Waals surface area contributed by atoms with Crippen LogP contribution in [-0.2, 0) is 16.0 Å². The minimum Gasteiger partial charge on any atom is -0.379 e. The fourth-order valence-electron chi connectivity index (χ4n) is 2.63. The Morgan fingerprint density at radius 1 is 1.54 bits per heavy atom. The fourth-order valence-corrected chi connectivity index (χ4v) is 3.35. The van der Waals surface area contributed by atoms with Gasteiger partial charge in [0.15, 0.2) is 10.9 Å². The number of aromatic nitrogens is 2. The van der Waals surface area contributed by atoms with E-state index >= 15 is 0 Å². The van der Waals surface area contributed by atoms with Crippen LogP contribution in [0.25, 0.3) is 4.96 Å². The van der Waals surface area contributed by atoms with Crippen LogP contribution in [0.5, 0.6) is 0 Å². The Hall–Kier alpha value is -1.64. The second-order valence-corrected chi connectivity index (χ2v) is 6.61. The molecule has 8 heteroatoms. The number of rotatable bonds is 8. The maximum absolute atomic E-state index is 5.65. The van der Waals surface area contributed by atoms with Gasteiger partial charge in [0.25, 0.3) is 0 Å². The van der Waals surface area contributed by atoms with Gasteiger partial charge in [0.2, 0.25) is 0 Å². The third-order valence-corrected chi connectivity index (χ3v) is 4.66. The summed E-state index contributed by atoms with van der Waals surface area (Å²) in [6, 6.07) is 0. The zero-order valence-corrected chi connectivity index (χ0v) is 14.8. The summed E-state index contributed by atoms with van der Waals surface area (Å²) in [5.74, 6) is 0.783. The minimum absolute atomic E-state index is 0.303. The van der Waals surface area contributed by atoms with Crippen LogP contribution >= 0.6 is 11.3 Å². The van der Waals surface area contributed by atoms with Crippen molar-refractivity contribution < 1.29 is 9.47 Å². The van der Waals surface area contributed by atoms with Crippen molar-refractivity contribution in [1.29, 1.82) is 0 Å². The number of ether oxygens (including phenoxy) is 2. The van der Waals surface area contributed by atoms with Crippen molar-refractivity contribution in [3.63, 3.8) is 0 Å². The van der Waals surface area contributed by atoms with Crippen molar-refractivity contribution in [1.82, 2.24) is 20.0 Å². The Bertz CT molecular complexity index is 619. The highest BCUT2D eigenvalue weighted by Crippen LogP contribution is 2.12. The van der Waals surface area contributed by atoms with Crippen LogP contribution in [-0.4, -0.2) is 54.9 Å². The molecule has 2 aromatic rings. The molecular formula is C16H25N5O2S. The van der Waals surface area contributed by atoms with Crippen LogP contribution < -0.4 is 10.6 Å². The maximum atomic E-state index is 5.65. The molecule has 1 aliphatic heterocycles. The molecule has 24 heavy (non-hydrogen) atoms. The Kier molecular flexibility index (Phi) is 6.45. The molecule has 0 aromatic carbocycles. The van der Waals surface area contributed by atoms with E-state index in [-0.39, 0.29) is 0 Å². The average molecular weight is 351 g/mol. The highest BCUT2D eigenvalue weighted by Gasteiger charge is 2.14. The first-order valence-corrected chi connectivity index (χ1v) is 9.28. The summed E-state index contributed by atoms with van der Waals surface area (Å²) < 4.78 is 13.2. The van der Waals surface area contributed by atoms with E-state index in [2.05, 4.69) is 20.6 Å². The van der Waals surface area contributed by atoms with E-state index in [1.807, 2.05) is 22.2 Å². The summed E-state index contributed by atoms with van der Waals surface area (Å²) in [4.78, 5) is 9.78. The van der Waals surface area contributed by atoms with Gasteiger partial charge < -0.3 is 20.1 Å². The number of nitrogens with one attached hydrogen (secondary N) is 2. The smallest absolute Gasteiger partial charge is 0.193 e. The van der Waals surface area contributed by atoms with Crippen LogP contribution in [0.4, 0.5) is 0 Å². The molecule has 0 amide bonds. The topological polar surface area (TPSA) is 72.2 Å². The van der Waals surface area contributed by atoms with Crippen molar-refractivity contribution in [3.8, 4) is 0 Å². The number of fused-ring (bicyclic) bond motifs is 1. The van der Waals surface area contributed by atoms with Crippen LogP contribution in [0.3, 0.4) is 0 Å². The van der Waals surface area contributed by atoms with Gasteiger partial charge in [0, 0.05) is 44.6 Å². The first-order valence-electron chi connectivity index (χ1n) is 8.40. The number of hydrogen-bond acceptors (Lipinski definition) is 5. The van der Waals surface area contributed by atoms with Crippen molar-refractivity contribution in [2.75, 3.05) is 33.4 Å². The van der Waals surface area contributed by atoms with E-state index in [0.29, 0.717) is 19.3 Å². The second-order valence-electron chi connectivity index (χ2n) is 5.74. The highest BCUT2D eigenvalue weighted by molar-refractivity contribution is 7.15. The Morgan fingerprint density at radius 3 is 3.29 bits per heavy atom. The molecule has 1 saturated heterocycles. The summed E-state index contributed by atoms with van der Waals surface area (Å²) in [6.45, 7) is 3.81. The molecule has 0 radical (unpaired) electrons. The summed E-state index contributed by atoms with van der Waals surface area (Å²) >= 11 is 1.63. The van der Waals surface area contributed by atoms with E-state index in [1.54, 1.807) is 18.4 Å². The standard InChI is InChI=1S/C16H25N5O2S/c1-17-15(18-5-3-7-22-12-14-4-2-8-23-14)19-10-13-11-21-6-9-24-16(21)20-13/h6,9,11,14H,2-5,7-8,10,12H2,1H3,(H2,17,18,19). The molecule has 1 atom stereocenters. The van der Waals surface area contributed by atoms with Gasteiger partial charge in [0.05, 0.1) is 24.9 Å². The number of aliphatic imine (C=N–C) groups is 1. The monoisotopic (exact) mass is 351 g/mol. The van der Waals surface area contributed by atoms with Crippen LogP contribution in [0.15, 0.2) is 22.8 Å². The lowest BCUT2D eigenvalue weighted by atomic mass is 10.2. The average Bonchev–Trinajstić information content (AvgIpc) is 3.30. The van der Waals surface area contributed by atoms with Crippen molar-refractivity contribution in [3.05, 3.63) is 23.5 Å². The highest BCUT2D eigenvalue weighted by atomic mass is 32.1. The lowest BCUT2D eigenvalue weighted by Gasteiger charge is -2.12. The van der Waals surface area contributed by atoms with E-state index in [9.17, 15) is 0 Å². The van der Waals surface area contributed by atoms with Gasteiger partial charge in [-0.15, -0.1) is 11.3 Å². The number of nitrogens with zero attached hydrogens (tertiary/aromatic N) is 3. The number of guanidine groups is 1. The SMILES string of the molecule is CN=C(NCCCOCC1CCCO1)NCc1cn2ccsc2n1. The Balaban J connectivity index is 1.28. The van der Waals surface area contributed by atoms with Crippen molar-refractivity contribution in [2.45, 2.75) is 31.9 Å². The van der Waals surface area contributed by atoms with Gasteiger partial charge in [-0.1, -0.05) is 0 Å². The molecule has 7 nitrogen and oxygen atoms in total. The molecule has 3 heterocycles. The van der Waals surface area contributed by atoms with Crippen molar-refractivity contribution in [2.24, 2.45) is 4.99 Å². The fraction of sp³-hybridized carbons (Fsp3) is 0.625. The Morgan fingerprint density at radius 2 is 2.50 bits per heavy atom. The largest absolute Gasteiger partial charge is 0.379 e. The van der Waals surface area contributed by atoms with Gasteiger partial charge in [-0.2, -0.15) is 0 Å². The molecule has 2 N–H and O–H groups in total. The normalized spacial score (nSPS) is 18.4. The lowest BCUT2D eigenvalue weighted by molar-refractivity contribution is 0.0168. The molecular weight excluding hydrogens is 326 g/mol. The molecule has 3 rings (SSSR count). The number of thiazole rings is 1. The molecule has 1 unspecified atom stereocenters. The van der Waals surface area contributed by atoms with E-state index in [1.165, 1.54) is 0 Å². The molecule has 0 spiro atoms. The summed E-state index contributed by atoms with van der Waals surface area (Å²) in [5, 5.41) is 8.60. The molecule has 0 saturated carbocycles. The quantitative estimate of drug-likeness (QED) is 0.430. The van der Waals surface area contributed by atoms with Gasteiger partial charge in [0.1, 0.15) is 0 Å². The van der Waals surface area contributed by atoms with Gasteiger partial charge in [-0.3, -0.25) is 9.39 Å². The minimum atomic E-state index is 0.303. The lowest BCUT2D eigenvalue weighted by Crippen LogP contribution is -2.37. The predicted molar refractivity (Wildman–Crippen MR) is 95.7 cm³/mol. The third kappa shape index (κ3) is 4.93. The van der Waals surface area contributed by atoms with Gasteiger partial charge in [-0.25, -0.2) is 4.98 Å². The zero-order valence-electron chi connectivity index (χ0n) is 14.0. The van der Waals surface area contributed by atoms with Crippen molar-refractivity contribution >= 4 is 22.3 Å². The van der Waals surface area contributed by atoms with E-state index < -0.39 is 0 Å². The van der Waals surface area contributed by atoms with Crippen LogP contribution in [0, 0.1) is 0 Å². The molecule has 0 bridgehead atoms. The van der Waals surface area contributed by atoms with Gasteiger partial charge >= 0.3 is 0 Å². The third-order valence-electron chi connectivity index (χ3n) is 3.89. The maximum Gasteiger partial charge on any atom is 0.193 e. The Labute approximate surface area is 146 Å². The molecule has 1 aliphatic rings. The molecule has 1 fully saturated rings. The first-order chi connectivity index (χ1) is 11.8. The molecule has 2 aromatic heterocycles. The summed E-state index contributed by atoms with van der Waals surface area (Å²) in [5.41, 5.74) is 1.00. The second kappa shape index (κ2) is 9.00. The van der Waals surface area contributed by atoms with E-state index in [4.69, 9.17) is 9.47 Å². The zero-order chi connectivity index (χ0) is 16.6. The number of hydrogen-bond donors (Lipinski definition) is 2. The summed E-state index contributed by atoms with van der Waals surface area (Å²) in [6.07, 6.45) is 7.57. The van der Waals surface area contributed by atoms with Crippen LogP contribution in [0.2, 0.25) is 0 Å². The molecule has 0 aliphatic carbocycles. The predicted octanol–water partition coefficient (Wildman–Crippen LogP) is 1.65.